The van der Waals surface area contributed by atoms with Crippen LogP contribution in [0.25, 0.3) is 0 Å². The molecule has 1 aromatic carbocycles. The maximum Gasteiger partial charge on any atom is 0.213 e. The third-order valence-corrected chi connectivity index (χ3v) is 3.25. The molecule has 0 fully saturated rings. The molecular formula is C14H17N3OS. The van der Waals surface area contributed by atoms with E-state index in [0.29, 0.717) is 17.4 Å². The maximum absolute atomic E-state index is 5.73. The van der Waals surface area contributed by atoms with Crippen LogP contribution in [-0.4, -0.2) is 9.97 Å². The van der Waals surface area contributed by atoms with Crippen molar-refractivity contribution in [2.75, 3.05) is 5.32 Å². The van der Waals surface area contributed by atoms with Gasteiger partial charge in [0, 0.05) is 11.3 Å². The van der Waals surface area contributed by atoms with Gasteiger partial charge in [-0.1, -0.05) is 24.4 Å². The number of aromatic nitrogens is 1. The number of nitrogens with zero attached hydrogens (tertiary/aromatic N) is 1. The molecule has 0 saturated heterocycles. The number of nitrogens with two attached hydrogens (primary N) is 1. The number of nitrogens with one attached hydrogen (secondary N) is 1. The number of rotatable bonds is 4. The molecule has 2 aromatic rings. The summed E-state index contributed by atoms with van der Waals surface area (Å²) < 4.78 is 5.54. The summed E-state index contributed by atoms with van der Waals surface area (Å²) in [7, 11) is 0. The number of hydrogen-bond donors (Lipinski definition) is 2. The van der Waals surface area contributed by atoms with Gasteiger partial charge in [-0.05, 0) is 32.4 Å². The average molecular weight is 275 g/mol. The lowest BCUT2D eigenvalue weighted by Crippen LogP contribution is -2.14. The van der Waals surface area contributed by atoms with Gasteiger partial charge in [0.25, 0.3) is 0 Å². The number of hydrogen-bond acceptors (Lipinski definition) is 4. The van der Waals surface area contributed by atoms with Crippen LogP contribution in [0.15, 0.2) is 22.6 Å². The molecule has 0 bridgehead atoms. The minimum Gasteiger partial charge on any atom is -0.444 e. The van der Waals surface area contributed by atoms with Crippen LogP contribution >= 0.6 is 12.2 Å². The lowest BCUT2D eigenvalue weighted by Gasteiger charge is -2.12. The Hall–Kier alpha value is -1.88. The van der Waals surface area contributed by atoms with E-state index >= 15 is 0 Å². The molecule has 0 radical (unpaired) electrons. The molecule has 1 aromatic heterocycles. The molecule has 4 nitrogen and oxygen atoms in total. The van der Waals surface area contributed by atoms with E-state index in [9.17, 15) is 0 Å². The fraction of sp³-hybridized carbons (Fsp3) is 0.286. The van der Waals surface area contributed by atoms with Gasteiger partial charge >= 0.3 is 0 Å². The topological polar surface area (TPSA) is 64.1 Å². The summed E-state index contributed by atoms with van der Waals surface area (Å²) in [5.41, 5.74) is 9.51. The van der Waals surface area contributed by atoms with E-state index in [2.05, 4.69) is 10.3 Å². The summed E-state index contributed by atoms with van der Waals surface area (Å²) in [6, 6.07) is 5.86. The van der Waals surface area contributed by atoms with Crippen LogP contribution in [0.3, 0.4) is 0 Å². The molecule has 0 aliphatic heterocycles. The second-order valence-electron chi connectivity index (χ2n) is 4.46. The summed E-state index contributed by atoms with van der Waals surface area (Å²) >= 11 is 5.06. The smallest absolute Gasteiger partial charge is 0.213 e. The van der Waals surface area contributed by atoms with Crippen molar-refractivity contribution in [3.05, 3.63) is 46.7 Å². The predicted molar refractivity (Wildman–Crippen MR) is 80.4 cm³/mol. The van der Waals surface area contributed by atoms with Crippen molar-refractivity contribution >= 4 is 22.9 Å². The van der Waals surface area contributed by atoms with Gasteiger partial charge in [-0.3, -0.25) is 0 Å². The highest BCUT2D eigenvalue weighted by atomic mass is 32.1. The zero-order valence-electron chi connectivity index (χ0n) is 11.3. The van der Waals surface area contributed by atoms with Crippen LogP contribution in [-0.2, 0) is 6.54 Å². The van der Waals surface area contributed by atoms with E-state index in [4.69, 9.17) is 22.4 Å². The second kappa shape index (κ2) is 5.40. The van der Waals surface area contributed by atoms with Crippen LogP contribution in [0.2, 0.25) is 0 Å². The summed E-state index contributed by atoms with van der Waals surface area (Å²) in [6.07, 6.45) is 0. The maximum atomic E-state index is 5.73. The zero-order valence-corrected chi connectivity index (χ0v) is 12.1. The normalized spacial score (nSPS) is 10.5. The van der Waals surface area contributed by atoms with Crippen molar-refractivity contribution in [1.29, 1.82) is 0 Å². The Morgan fingerprint density at radius 3 is 2.68 bits per heavy atom. The summed E-state index contributed by atoms with van der Waals surface area (Å²) in [5.74, 6) is 1.50. The van der Waals surface area contributed by atoms with Crippen molar-refractivity contribution in [2.24, 2.45) is 5.73 Å². The van der Waals surface area contributed by atoms with E-state index in [0.717, 1.165) is 28.3 Å². The molecule has 2 rings (SSSR count). The van der Waals surface area contributed by atoms with Crippen molar-refractivity contribution in [1.82, 2.24) is 4.98 Å². The van der Waals surface area contributed by atoms with Crippen molar-refractivity contribution in [3.63, 3.8) is 0 Å². The fourth-order valence-electron chi connectivity index (χ4n) is 1.89. The second-order valence-corrected chi connectivity index (χ2v) is 4.90. The molecule has 0 amide bonds. The highest BCUT2D eigenvalue weighted by Gasteiger charge is 2.10. The van der Waals surface area contributed by atoms with Crippen molar-refractivity contribution in [2.45, 2.75) is 27.3 Å². The van der Waals surface area contributed by atoms with Crippen LogP contribution in [0.4, 0.5) is 5.69 Å². The van der Waals surface area contributed by atoms with Gasteiger partial charge in [0.15, 0.2) is 0 Å². The monoisotopic (exact) mass is 275 g/mol. The molecule has 1 heterocycles. The van der Waals surface area contributed by atoms with Crippen LogP contribution in [0.5, 0.6) is 0 Å². The molecule has 3 N–H and O–H groups in total. The molecule has 0 spiro atoms. The highest BCUT2D eigenvalue weighted by Crippen LogP contribution is 2.21. The Morgan fingerprint density at radius 1 is 1.37 bits per heavy atom. The molecule has 0 aliphatic carbocycles. The van der Waals surface area contributed by atoms with Gasteiger partial charge in [-0.25, -0.2) is 4.98 Å². The zero-order chi connectivity index (χ0) is 14.0. The van der Waals surface area contributed by atoms with E-state index in [-0.39, 0.29) is 0 Å². The number of aryl methyl sites for hydroxylation is 3. The van der Waals surface area contributed by atoms with Gasteiger partial charge in [-0.15, -0.1) is 0 Å². The first-order chi connectivity index (χ1) is 8.99. The fourth-order valence-corrected chi connectivity index (χ4v) is 2.06. The first-order valence-electron chi connectivity index (χ1n) is 6.05. The molecule has 0 unspecified atom stereocenters. The van der Waals surface area contributed by atoms with E-state index in [1.807, 2.05) is 39.0 Å². The Kier molecular flexibility index (Phi) is 3.85. The van der Waals surface area contributed by atoms with Crippen LogP contribution in [0.1, 0.15) is 28.5 Å². The lowest BCUT2D eigenvalue weighted by atomic mass is 10.1. The molecule has 100 valence electrons. The predicted octanol–water partition coefficient (Wildman–Crippen LogP) is 2.85. The van der Waals surface area contributed by atoms with E-state index in [1.165, 1.54) is 0 Å². The molecule has 19 heavy (non-hydrogen) atoms. The van der Waals surface area contributed by atoms with Gasteiger partial charge in [-0.2, -0.15) is 0 Å². The van der Waals surface area contributed by atoms with E-state index in [1.54, 1.807) is 0 Å². The summed E-state index contributed by atoms with van der Waals surface area (Å²) in [6.45, 7) is 6.35. The quantitative estimate of drug-likeness (QED) is 0.840. The lowest BCUT2D eigenvalue weighted by molar-refractivity contribution is 0.478. The molecule has 0 aliphatic rings. The molecule has 0 atom stereocenters. The van der Waals surface area contributed by atoms with Gasteiger partial charge in [0.1, 0.15) is 10.7 Å². The Bertz CT molecular complexity index is 600. The first-order valence-corrected chi connectivity index (χ1v) is 6.46. The summed E-state index contributed by atoms with van der Waals surface area (Å²) in [5, 5.41) is 3.30. The van der Waals surface area contributed by atoms with Crippen LogP contribution in [0, 0.1) is 20.8 Å². The number of thiocarbonyl (C=S) groups is 1. The minimum atomic E-state index is 0.381. The SMILES string of the molecule is Cc1cccc(C(N)=S)c1NCc1nc(C)c(C)o1. The van der Waals surface area contributed by atoms with E-state index < -0.39 is 0 Å². The average Bonchev–Trinajstić information content (AvgIpc) is 2.67. The highest BCUT2D eigenvalue weighted by molar-refractivity contribution is 7.80. The number of para-hydroxylation sites is 1. The van der Waals surface area contributed by atoms with Gasteiger partial charge in [0.2, 0.25) is 5.89 Å². The molecule has 5 heteroatoms. The standard InChI is InChI=1S/C14H17N3OS/c1-8-5-4-6-11(14(15)19)13(8)16-7-12-17-9(2)10(3)18-12/h4-6,16H,7H2,1-3H3,(H2,15,19). The number of benzene rings is 1. The molecular weight excluding hydrogens is 258 g/mol. The Labute approximate surface area is 118 Å². The van der Waals surface area contributed by atoms with Crippen LogP contribution < -0.4 is 11.1 Å². The third-order valence-electron chi connectivity index (χ3n) is 3.03. The van der Waals surface area contributed by atoms with Crippen molar-refractivity contribution in [3.8, 4) is 0 Å². The van der Waals surface area contributed by atoms with Gasteiger partial charge < -0.3 is 15.5 Å². The minimum absolute atomic E-state index is 0.381. The first kappa shape index (κ1) is 13.5. The third kappa shape index (κ3) is 2.93. The van der Waals surface area contributed by atoms with Gasteiger partial charge in [0.05, 0.1) is 12.2 Å². The number of oxazole rings is 1. The molecule has 0 saturated carbocycles. The van der Waals surface area contributed by atoms with Crippen molar-refractivity contribution < 1.29 is 4.42 Å². The largest absolute Gasteiger partial charge is 0.444 e. The number of anilines is 1. The Morgan fingerprint density at radius 2 is 2.11 bits per heavy atom. The summed E-state index contributed by atoms with van der Waals surface area (Å²) in [4.78, 5) is 4.72. The Balaban J connectivity index is 2.21.